The summed E-state index contributed by atoms with van der Waals surface area (Å²) in [6.45, 7) is 1.62. The van der Waals surface area contributed by atoms with Crippen LogP contribution in [0.3, 0.4) is 0 Å². The number of rotatable bonds is 8. The summed E-state index contributed by atoms with van der Waals surface area (Å²) in [6, 6.07) is 19.1. The van der Waals surface area contributed by atoms with Gasteiger partial charge < -0.3 is 19.3 Å². The third-order valence-corrected chi connectivity index (χ3v) is 7.86. The Kier molecular flexibility index (Phi) is 7.64. The fourth-order valence-corrected chi connectivity index (χ4v) is 5.53. The molecule has 190 valence electrons. The summed E-state index contributed by atoms with van der Waals surface area (Å²) >= 11 is 0. The molecule has 3 aromatic rings. The van der Waals surface area contributed by atoms with Crippen molar-refractivity contribution in [3.8, 4) is 11.5 Å². The third kappa shape index (κ3) is 5.38. The van der Waals surface area contributed by atoms with E-state index in [0.717, 1.165) is 9.99 Å². The Bertz CT molecular complexity index is 1290. The number of amides is 1. The first-order valence-corrected chi connectivity index (χ1v) is 12.9. The van der Waals surface area contributed by atoms with E-state index in [1.807, 2.05) is 0 Å². The molecule has 0 radical (unpaired) electrons. The van der Waals surface area contributed by atoms with E-state index in [-0.39, 0.29) is 28.9 Å². The van der Waals surface area contributed by atoms with E-state index in [4.69, 9.17) is 9.47 Å². The molecule has 1 amide bonds. The second-order valence-electron chi connectivity index (χ2n) is 8.21. The molecule has 3 aromatic carbocycles. The molecule has 0 unspecified atom stereocenters. The maximum Gasteiger partial charge on any atom is 0.264 e. The Balaban J connectivity index is 1.54. The van der Waals surface area contributed by atoms with Gasteiger partial charge in [0.1, 0.15) is 12.4 Å². The monoisotopic (exact) mass is 513 g/mol. The number of hydrogen-bond donors (Lipinski definition) is 0. The highest BCUT2D eigenvalue weighted by Gasteiger charge is 2.31. The summed E-state index contributed by atoms with van der Waals surface area (Å²) in [7, 11) is -1.20. The van der Waals surface area contributed by atoms with Crippen LogP contribution in [0.1, 0.15) is 0 Å². The van der Waals surface area contributed by atoms with Crippen LogP contribution in [0, 0.1) is 5.82 Å². The van der Waals surface area contributed by atoms with Gasteiger partial charge in [-0.3, -0.25) is 9.10 Å². The molecular weight excluding hydrogens is 485 g/mol. The summed E-state index contributed by atoms with van der Waals surface area (Å²) in [5, 5.41) is 0. The Labute approximate surface area is 210 Å². The Morgan fingerprint density at radius 2 is 1.53 bits per heavy atom. The number of nitrogens with zero attached hydrogens (tertiary/aromatic N) is 3. The van der Waals surface area contributed by atoms with Gasteiger partial charge in [-0.15, -0.1) is 0 Å². The molecule has 0 saturated carbocycles. The number of carbonyl (C=O) groups is 1. The molecule has 0 bridgehead atoms. The summed E-state index contributed by atoms with van der Waals surface area (Å²) in [4.78, 5) is 17.0. The Morgan fingerprint density at radius 3 is 2.14 bits per heavy atom. The number of anilines is 2. The highest BCUT2D eigenvalue weighted by Crippen LogP contribution is 2.32. The number of hydrogen-bond acceptors (Lipinski definition) is 6. The fourth-order valence-electron chi connectivity index (χ4n) is 4.10. The quantitative estimate of drug-likeness (QED) is 0.460. The van der Waals surface area contributed by atoms with Gasteiger partial charge in [-0.1, -0.05) is 18.2 Å². The number of para-hydroxylation sites is 1. The van der Waals surface area contributed by atoms with Crippen LogP contribution >= 0.6 is 0 Å². The van der Waals surface area contributed by atoms with Crippen molar-refractivity contribution in [2.45, 2.75) is 4.90 Å². The maximum atomic E-state index is 13.7. The fraction of sp³-hybridized carbons (Fsp3) is 0.269. The molecule has 0 atom stereocenters. The van der Waals surface area contributed by atoms with Crippen LogP contribution in [0.15, 0.2) is 77.7 Å². The summed E-state index contributed by atoms with van der Waals surface area (Å²) < 4.78 is 52.3. The largest absolute Gasteiger partial charge is 0.493 e. The topological polar surface area (TPSA) is 79.4 Å². The van der Waals surface area contributed by atoms with Crippen LogP contribution in [0.4, 0.5) is 15.8 Å². The first-order valence-electron chi connectivity index (χ1n) is 11.4. The molecule has 0 N–H and O–H groups in total. The predicted molar refractivity (Wildman–Crippen MR) is 136 cm³/mol. The lowest BCUT2D eigenvalue weighted by Crippen LogP contribution is -2.52. The van der Waals surface area contributed by atoms with Gasteiger partial charge in [0, 0.05) is 37.9 Å². The van der Waals surface area contributed by atoms with Crippen LogP contribution in [0.2, 0.25) is 0 Å². The molecule has 0 spiro atoms. The van der Waals surface area contributed by atoms with Crippen molar-refractivity contribution in [1.29, 1.82) is 0 Å². The summed E-state index contributed by atoms with van der Waals surface area (Å²) in [5.41, 5.74) is 1.26. The van der Waals surface area contributed by atoms with Crippen molar-refractivity contribution >= 4 is 27.3 Å². The number of methoxy groups -OCH3 is 2. The second-order valence-corrected chi connectivity index (χ2v) is 10.1. The van der Waals surface area contributed by atoms with Crippen LogP contribution < -0.4 is 18.7 Å². The standard InChI is InChI=1S/C26H28FN3O5S/c1-34-24-13-12-23(18-25(24)35-2)36(32,33)30(22-6-4-3-5-7-22)19-26(31)29-16-14-28(15-17-29)21-10-8-20(27)9-11-21/h3-13,18H,14-17,19H2,1-2H3. The highest BCUT2D eigenvalue weighted by atomic mass is 32.2. The molecular formula is C26H28FN3O5S. The molecule has 4 rings (SSSR count). The molecule has 8 nitrogen and oxygen atoms in total. The lowest BCUT2D eigenvalue weighted by Gasteiger charge is -2.37. The van der Waals surface area contributed by atoms with E-state index < -0.39 is 10.0 Å². The molecule has 1 saturated heterocycles. The minimum absolute atomic E-state index is 0.0158. The average molecular weight is 514 g/mol. The SMILES string of the molecule is COc1ccc(S(=O)(=O)N(CC(=O)N2CCN(c3ccc(F)cc3)CC2)c2ccccc2)cc1OC. The summed E-state index contributed by atoms with van der Waals surface area (Å²) in [5.74, 6) is 0.0681. The zero-order valence-electron chi connectivity index (χ0n) is 20.1. The molecule has 0 aliphatic carbocycles. The molecule has 1 aliphatic heterocycles. The van der Waals surface area contributed by atoms with Crippen molar-refractivity contribution in [2.75, 3.05) is 56.1 Å². The smallest absolute Gasteiger partial charge is 0.264 e. The first-order chi connectivity index (χ1) is 17.3. The van der Waals surface area contributed by atoms with E-state index in [1.54, 1.807) is 47.4 Å². The van der Waals surface area contributed by atoms with Gasteiger partial charge in [-0.2, -0.15) is 0 Å². The number of carbonyl (C=O) groups excluding carboxylic acids is 1. The van der Waals surface area contributed by atoms with E-state index in [9.17, 15) is 17.6 Å². The zero-order chi connectivity index (χ0) is 25.7. The zero-order valence-corrected chi connectivity index (χ0v) is 20.9. The number of benzene rings is 3. The summed E-state index contributed by atoms with van der Waals surface area (Å²) in [6.07, 6.45) is 0. The minimum atomic E-state index is -4.10. The molecule has 1 heterocycles. The minimum Gasteiger partial charge on any atom is -0.493 e. The van der Waals surface area contributed by atoms with Crippen LogP contribution in [0.5, 0.6) is 11.5 Å². The molecule has 0 aromatic heterocycles. The third-order valence-electron chi connectivity index (χ3n) is 6.09. The number of halogens is 1. The lowest BCUT2D eigenvalue weighted by atomic mass is 10.2. The molecule has 10 heteroatoms. The van der Waals surface area contributed by atoms with E-state index in [2.05, 4.69) is 4.90 Å². The van der Waals surface area contributed by atoms with Gasteiger partial charge in [0.15, 0.2) is 11.5 Å². The Morgan fingerprint density at radius 1 is 0.889 bits per heavy atom. The van der Waals surface area contributed by atoms with E-state index >= 15 is 0 Å². The average Bonchev–Trinajstić information content (AvgIpc) is 2.92. The molecule has 1 fully saturated rings. The number of piperazine rings is 1. The number of sulfonamides is 1. The predicted octanol–water partition coefficient (Wildman–Crippen LogP) is 3.39. The maximum absolute atomic E-state index is 13.7. The highest BCUT2D eigenvalue weighted by molar-refractivity contribution is 7.92. The van der Waals surface area contributed by atoms with Crippen LogP contribution in [-0.4, -0.2) is 66.2 Å². The van der Waals surface area contributed by atoms with Crippen LogP contribution in [-0.2, 0) is 14.8 Å². The van der Waals surface area contributed by atoms with Crippen LogP contribution in [0.25, 0.3) is 0 Å². The Hall–Kier alpha value is -3.79. The molecule has 1 aliphatic rings. The molecule has 36 heavy (non-hydrogen) atoms. The normalized spacial score (nSPS) is 13.9. The van der Waals surface area contributed by atoms with Crippen molar-refractivity contribution in [3.05, 3.63) is 78.6 Å². The van der Waals surface area contributed by atoms with Crippen molar-refractivity contribution in [1.82, 2.24) is 4.90 Å². The van der Waals surface area contributed by atoms with Crippen molar-refractivity contribution in [3.63, 3.8) is 0 Å². The van der Waals surface area contributed by atoms with Crippen molar-refractivity contribution in [2.24, 2.45) is 0 Å². The van der Waals surface area contributed by atoms with Gasteiger partial charge in [-0.05, 0) is 48.5 Å². The van der Waals surface area contributed by atoms with E-state index in [1.165, 1.54) is 44.6 Å². The van der Waals surface area contributed by atoms with Gasteiger partial charge in [0.2, 0.25) is 5.91 Å². The first kappa shape index (κ1) is 25.3. The van der Waals surface area contributed by atoms with Crippen molar-refractivity contribution < 1.29 is 27.1 Å². The second kappa shape index (κ2) is 10.9. The van der Waals surface area contributed by atoms with Gasteiger partial charge >= 0.3 is 0 Å². The lowest BCUT2D eigenvalue weighted by molar-refractivity contribution is -0.129. The van der Waals surface area contributed by atoms with Gasteiger partial charge in [-0.25, -0.2) is 12.8 Å². The van der Waals surface area contributed by atoms with Gasteiger partial charge in [0.25, 0.3) is 10.0 Å². The van der Waals surface area contributed by atoms with E-state index in [0.29, 0.717) is 37.6 Å². The van der Waals surface area contributed by atoms with Gasteiger partial charge in [0.05, 0.1) is 24.8 Å². The number of ether oxygens (including phenoxy) is 2.